The van der Waals surface area contributed by atoms with E-state index in [1.165, 1.54) is 12.7 Å². The maximum Gasteiger partial charge on any atom is 0.138 e. The molecule has 2 aromatic rings. The van der Waals surface area contributed by atoms with Gasteiger partial charge in [-0.3, -0.25) is 0 Å². The monoisotopic (exact) mass is 324 g/mol. The van der Waals surface area contributed by atoms with Crippen molar-refractivity contribution in [3.63, 3.8) is 0 Å². The number of aryl methyl sites for hydroxylation is 2. The molecule has 0 fully saturated rings. The molecule has 0 saturated heterocycles. The van der Waals surface area contributed by atoms with Crippen LogP contribution in [0.1, 0.15) is 28.4 Å². The van der Waals surface area contributed by atoms with Crippen LogP contribution in [0.2, 0.25) is 10.0 Å². The van der Waals surface area contributed by atoms with Crippen molar-refractivity contribution in [2.45, 2.75) is 26.4 Å². The second-order valence-electron chi connectivity index (χ2n) is 5.16. The number of aliphatic hydroxyl groups is 1. The quantitative estimate of drug-likeness (QED) is 0.867. The average molecular weight is 325 g/mol. The first-order chi connectivity index (χ1) is 9.92. The largest absolute Gasteiger partial charge is 0.495 e. The lowest BCUT2D eigenvalue weighted by Crippen LogP contribution is -2.05. The summed E-state index contributed by atoms with van der Waals surface area (Å²) in [5.41, 5.74) is 4.03. The highest BCUT2D eigenvalue weighted by Crippen LogP contribution is 2.35. The van der Waals surface area contributed by atoms with E-state index in [2.05, 4.69) is 18.2 Å². The topological polar surface area (TPSA) is 29.5 Å². The first-order valence-corrected chi connectivity index (χ1v) is 7.45. The second kappa shape index (κ2) is 6.69. The van der Waals surface area contributed by atoms with Crippen molar-refractivity contribution in [2.24, 2.45) is 0 Å². The van der Waals surface area contributed by atoms with E-state index in [9.17, 15) is 5.11 Å². The summed E-state index contributed by atoms with van der Waals surface area (Å²) in [5, 5.41) is 11.4. The summed E-state index contributed by atoms with van der Waals surface area (Å²) in [4.78, 5) is 0. The van der Waals surface area contributed by atoms with Crippen LogP contribution in [0, 0.1) is 13.8 Å². The van der Waals surface area contributed by atoms with Crippen LogP contribution in [0.4, 0.5) is 0 Å². The van der Waals surface area contributed by atoms with E-state index in [1.54, 1.807) is 12.1 Å². The SMILES string of the molecule is COc1cc(Cl)c(C(O)Cc2cc(C)ccc2C)cc1Cl. The van der Waals surface area contributed by atoms with Gasteiger partial charge in [0.05, 0.1) is 23.3 Å². The Labute approximate surface area is 135 Å². The van der Waals surface area contributed by atoms with Gasteiger partial charge in [-0.05, 0) is 31.0 Å². The number of halogens is 2. The third-order valence-electron chi connectivity index (χ3n) is 3.55. The fraction of sp³-hybridized carbons (Fsp3) is 0.294. The molecule has 2 nitrogen and oxygen atoms in total. The molecule has 4 heteroatoms. The lowest BCUT2D eigenvalue weighted by molar-refractivity contribution is 0.178. The van der Waals surface area contributed by atoms with Gasteiger partial charge in [-0.2, -0.15) is 0 Å². The third kappa shape index (κ3) is 3.70. The van der Waals surface area contributed by atoms with Crippen molar-refractivity contribution in [1.29, 1.82) is 0 Å². The summed E-state index contributed by atoms with van der Waals surface area (Å²) < 4.78 is 5.12. The van der Waals surface area contributed by atoms with Gasteiger partial charge in [-0.25, -0.2) is 0 Å². The minimum Gasteiger partial charge on any atom is -0.495 e. The highest BCUT2D eigenvalue weighted by Gasteiger charge is 2.16. The maximum absolute atomic E-state index is 10.5. The maximum atomic E-state index is 10.5. The van der Waals surface area contributed by atoms with Gasteiger partial charge < -0.3 is 9.84 Å². The molecular formula is C17H18Cl2O2. The normalized spacial score (nSPS) is 12.3. The summed E-state index contributed by atoms with van der Waals surface area (Å²) >= 11 is 12.3. The van der Waals surface area contributed by atoms with Crippen molar-refractivity contribution in [3.8, 4) is 5.75 Å². The van der Waals surface area contributed by atoms with Gasteiger partial charge in [0.25, 0.3) is 0 Å². The van der Waals surface area contributed by atoms with E-state index in [-0.39, 0.29) is 0 Å². The van der Waals surface area contributed by atoms with Gasteiger partial charge in [-0.15, -0.1) is 0 Å². The molecule has 21 heavy (non-hydrogen) atoms. The standard InChI is InChI=1S/C17H18Cl2O2/c1-10-4-5-11(2)12(6-10)7-16(20)13-8-15(19)17(21-3)9-14(13)18/h4-6,8-9,16,20H,7H2,1-3H3. The molecule has 0 saturated carbocycles. The van der Waals surface area contributed by atoms with E-state index in [4.69, 9.17) is 27.9 Å². The summed E-state index contributed by atoms with van der Waals surface area (Å²) in [5.74, 6) is 0.504. The fourth-order valence-corrected chi connectivity index (χ4v) is 2.82. The molecule has 0 amide bonds. The lowest BCUT2D eigenvalue weighted by Gasteiger charge is -2.16. The van der Waals surface area contributed by atoms with Crippen molar-refractivity contribution >= 4 is 23.2 Å². The Morgan fingerprint density at radius 2 is 1.81 bits per heavy atom. The Balaban J connectivity index is 2.30. The first-order valence-electron chi connectivity index (χ1n) is 6.69. The number of hydrogen-bond donors (Lipinski definition) is 1. The molecule has 2 rings (SSSR count). The highest BCUT2D eigenvalue weighted by molar-refractivity contribution is 6.34. The molecule has 0 bridgehead atoms. The molecule has 0 heterocycles. The number of methoxy groups -OCH3 is 1. The van der Waals surface area contributed by atoms with Gasteiger partial charge in [0, 0.05) is 18.1 Å². The molecule has 1 N–H and O–H groups in total. The van der Waals surface area contributed by atoms with E-state index >= 15 is 0 Å². The van der Waals surface area contributed by atoms with Crippen LogP contribution in [0.25, 0.3) is 0 Å². The van der Waals surface area contributed by atoms with Crippen molar-refractivity contribution in [1.82, 2.24) is 0 Å². The van der Waals surface area contributed by atoms with Crippen LogP contribution in [0.15, 0.2) is 30.3 Å². The number of hydrogen-bond acceptors (Lipinski definition) is 2. The molecule has 112 valence electrons. The summed E-state index contributed by atoms with van der Waals surface area (Å²) in [6.07, 6.45) is -0.211. The molecule has 0 radical (unpaired) electrons. The third-order valence-corrected chi connectivity index (χ3v) is 4.17. The molecular weight excluding hydrogens is 307 g/mol. The van der Waals surface area contributed by atoms with Gasteiger partial charge in [-0.1, -0.05) is 47.0 Å². The molecule has 0 aliphatic carbocycles. The van der Waals surface area contributed by atoms with E-state index < -0.39 is 6.10 Å². The number of rotatable bonds is 4. The zero-order chi connectivity index (χ0) is 15.6. The Kier molecular flexibility index (Phi) is 5.15. The highest BCUT2D eigenvalue weighted by atomic mass is 35.5. The lowest BCUT2D eigenvalue weighted by atomic mass is 9.96. The number of aliphatic hydroxyl groups excluding tert-OH is 1. The fourth-order valence-electron chi connectivity index (χ4n) is 2.29. The van der Waals surface area contributed by atoms with Crippen LogP contribution < -0.4 is 4.74 Å². The van der Waals surface area contributed by atoms with Crippen LogP contribution >= 0.6 is 23.2 Å². The summed E-state index contributed by atoms with van der Waals surface area (Å²) in [7, 11) is 1.53. The number of benzene rings is 2. The van der Waals surface area contributed by atoms with Crippen LogP contribution in [0.5, 0.6) is 5.75 Å². The molecule has 2 aromatic carbocycles. The van der Waals surface area contributed by atoms with Crippen LogP contribution in [-0.2, 0) is 6.42 Å². The summed E-state index contributed by atoms with van der Waals surface area (Å²) in [6, 6.07) is 9.49. The van der Waals surface area contributed by atoms with Gasteiger partial charge in [0.1, 0.15) is 5.75 Å². The van der Waals surface area contributed by atoms with Crippen molar-refractivity contribution in [3.05, 3.63) is 62.6 Å². The minimum absolute atomic E-state index is 0.442. The van der Waals surface area contributed by atoms with Gasteiger partial charge >= 0.3 is 0 Å². The van der Waals surface area contributed by atoms with Crippen molar-refractivity contribution in [2.75, 3.05) is 7.11 Å². The van der Waals surface area contributed by atoms with Crippen LogP contribution in [0.3, 0.4) is 0 Å². The summed E-state index contributed by atoms with van der Waals surface area (Å²) in [6.45, 7) is 4.07. The Morgan fingerprint density at radius 3 is 2.48 bits per heavy atom. The Hall–Kier alpha value is -1.22. The molecule has 0 aromatic heterocycles. The Bertz CT molecular complexity index is 653. The predicted octanol–water partition coefficient (Wildman–Crippen LogP) is 4.89. The average Bonchev–Trinajstić information content (AvgIpc) is 2.44. The first kappa shape index (κ1) is 16.2. The molecule has 1 unspecified atom stereocenters. The van der Waals surface area contributed by atoms with E-state index in [1.807, 2.05) is 13.8 Å². The van der Waals surface area contributed by atoms with Gasteiger partial charge in [0.15, 0.2) is 0 Å². The zero-order valence-electron chi connectivity index (χ0n) is 12.3. The smallest absolute Gasteiger partial charge is 0.138 e. The second-order valence-corrected chi connectivity index (χ2v) is 5.97. The van der Waals surface area contributed by atoms with Crippen molar-refractivity contribution < 1.29 is 9.84 Å². The zero-order valence-corrected chi connectivity index (χ0v) is 13.8. The molecule has 0 aliphatic rings. The van der Waals surface area contributed by atoms with Gasteiger partial charge in [0.2, 0.25) is 0 Å². The van der Waals surface area contributed by atoms with Crippen LogP contribution in [-0.4, -0.2) is 12.2 Å². The Morgan fingerprint density at radius 1 is 1.10 bits per heavy atom. The number of ether oxygens (including phenoxy) is 1. The van der Waals surface area contributed by atoms with E-state index in [0.717, 1.165) is 11.1 Å². The molecule has 0 aliphatic heterocycles. The molecule has 1 atom stereocenters. The predicted molar refractivity (Wildman–Crippen MR) is 87.6 cm³/mol. The van der Waals surface area contributed by atoms with E-state index in [0.29, 0.717) is 27.8 Å². The minimum atomic E-state index is -0.707. The molecule has 0 spiro atoms.